The van der Waals surface area contributed by atoms with E-state index < -0.39 is 0 Å². The molecular weight excluding hydrogens is 172 g/mol. The number of rotatable bonds is 4. The van der Waals surface area contributed by atoms with E-state index in [4.69, 9.17) is 0 Å². The first-order valence-corrected chi connectivity index (χ1v) is 9.78. The lowest BCUT2D eigenvalue weighted by Gasteiger charge is -2.41. The zero-order valence-corrected chi connectivity index (χ0v) is 10.6. The molecule has 0 aliphatic carbocycles. The summed E-state index contributed by atoms with van der Waals surface area (Å²) >= 11 is 0. The molecule has 0 amide bonds. The van der Waals surface area contributed by atoms with E-state index in [1.54, 1.807) is 0 Å². The van der Waals surface area contributed by atoms with Crippen LogP contribution in [-0.4, -0.2) is 41.6 Å². The van der Waals surface area contributed by atoms with Gasteiger partial charge in [0.25, 0.3) is 0 Å². The standard InChI is InChI=1S/C9H24S2/c1-7-10(3,4)9-11(5,6)8-2/h7-9H2,1-6H3. The molecule has 0 saturated carbocycles. The number of hydrogen-bond donors (Lipinski definition) is 0. The maximum Gasteiger partial charge on any atom is 0.00679 e. The lowest BCUT2D eigenvalue weighted by Crippen LogP contribution is -2.12. The molecule has 0 aliphatic rings. The van der Waals surface area contributed by atoms with E-state index in [9.17, 15) is 0 Å². The Kier molecular flexibility index (Phi) is 4.34. The Labute approximate surface area is 75.8 Å². The van der Waals surface area contributed by atoms with Crippen LogP contribution in [0.1, 0.15) is 13.8 Å². The fourth-order valence-electron chi connectivity index (χ4n) is 1.03. The summed E-state index contributed by atoms with van der Waals surface area (Å²) in [5.74, 6) is 2.78. The van der Waals surface area contributed by atoms with Crippen molar-refractivity contribution >= 4 is 20.1 Å². The third-order valence-electron chi connectivity index (χ3n) is 2.20. The second-order valence-corrected chi connectivity index (χ2v) is 13.4. The minimum absolute atomic E-state index is 0.252. The molecule has 0 atom stereocenters. The molecule has 0 saturated heterocycles. The van der Waals surface area contributed by atoms with Gasteiger partial charge in [-0.3, -0.25) is 0 Å². The summed E-state index contributed by atoms with van der Waals surface area (Å²) in [5, 5.41) is 1.51. The molecule has 0 aromatic heterocycles. The summed E-state index contributed by atoms with van der Waals surface area (Å²) in [4.78, 5) is 0. The minimum Gasteiger partial charge on any atom is -0.239 e. The van der Waals surface area contributed by atoms with Gasteiger partial charge in [0.05, 0.1) is 0 Å². The van der Waals surface area contributed by atoms with Gasteiger partial charge < -0.3 is 0 Å². The second-order valence-electron chi connectivity index (χ2n) is 4.23. The highest BCUT2D eigenvalue weighted by Crippen LogP contribution is 2.54. The Bertz CT molecular complexity index is 103. The predicted octanol–water partition coefficient (Wildman–Crippen LogP) is 3.11. The van der Waals surface area contributed by atoms with Crippen molar-refractivity contribution < 1.29 is 0 Å². The maximum atomic E-state index is 2.47. The molecule has 0 aromatic rings. The van der Waals surface area contributed by atoms with Crippen LogP contribution in [0.5, 0.6) is 0 Å². The lowest BCUT2D eigenvalue weighted by atomic mass is 11.0. The first-order chi connectivity index (χ1) is 4.83. The van der Waals surface area contributed by atoms with Crippen molar-refractivity contribution in [2.24, 2.45) is 0 Å². The molecule has 0 nitrogen and oxygen atoms in total. The zero-order valence-electron chi connectivity index (χ0n) is 8.94. The summed E-state index contributed by atoms with van der Waals surface area (Å²) in [7, 11) is -0.504. The Morgan fingerprint density at radius 1 is 0.727 bits per heavy atom. The van der Waals surface area contributed by atoms with Crippen molar-refractivity contribution in [1.82, 2.24) is 0 Å². The van der Waals surface area contributed by atoms with E-state index in [0.717, 1.165) is 0 Å². The van der Waals surface area contributed by atoms with Crippen LogP contribution in [-0.2, 0) is 0 Å². The normalized spacial score (nSPS) is 16.5. The Morgan fingerprint density at radius 2 is 1.00 bits per heavy atom. The third-order valence-corrected chi connectivity index (χ3v) is 10.4. The van der Waals surface area contributed by atoms with Gasteiger partial charge in [-0.15, -0.1) is 0 Å². The van der Waals surface area contributed by atoms with Crippen LogP contribution in [0.2, 0.25) is 0 Å². The molecule has 11 heavy (non-hydrogen) atoms. The monoisotopic (exact) mass is 196 g/mol. The van der Waals surface area contributed by atoms with Crippen molar-refractivity contribution in [2.75, 3.05) is 41.6 Å². The van der Waals surface area contributed by atoms with E-state index in [2.05, 4.69) is 38.9 Å². The highest BCUT2D eigenvalue weighted by molar-refractivity contribution is 8.47. The highest BCUT2D eigenvalue weighted by atomic mass is 32.3. The molecule has 0 unspecified atom stereocenters. The molecule has 72 valence electrons. The maximum absolute atomic E-state index is 2.47. The summed E-state index contributed by atoms with van der Waals surface area (Å²) in [6, 6.07) is 0. The van der Waals surface area contributed by atoms with Crippen LogP contribution >= 0.6 is 20.1 Å². The van der Waals surface area contributed by atoms with Gasteiger partial charge in [-0.1, -0.05) is 13.8 Å². The minimum atomic E-state index is -0.252. The van der Waals surface area contributed by atoms with Crippen LogP contribution in [0, 0.1) is 0 Å². The van der Waals surface area contributed by atoms with E-state index in [1.807, 2.05) is 0 Å². The Balaban J connectivity index is 4.02. The zero-order chi connectivity index (χ0) is 9.12. The van der Waals surface area contributed by atoms with Crippen LogP contribution in [0.15, 0.2) is 0 Å². The molecule has 0 fully saturated rings. The topological polar surface area (TPSA) is 0 Å². The molecule has 0 rings (SSSR count). The Hall–Kier alpha value is 0.700. The molecule has 2 heteroatoms. The molecule has 0 radical (unpaired) electrons. The molecule has 0 aromatic carbocycles. The van der Waals surface area contributed by atoms with E-state index in [-0.39, 0.29) is 20.1 Å². The second kappa shape index (κ2) is 4.08. The summed E-state index contributed by atoms with van der Waals surface area (Å²) in [6.45, 7) is 4.67. The smallest absolute Gasteiger partial charge is 0.00679 e. The SMILES string of the molecule is CCS(C)(C)CS(C)(C)CC. The van der Waals surface area contributed by atoms with Crippen molar-refractivity contribution in [1.29, 1.82) is 0 Å². The largest absolute Gasteiger partial charge is 0.239 e. The van der Waals surface area contributed by atoms with Gasteiger partial charge in [-0.05, 0) is 36.5 Å². The summed E-state index contributed by atoms with van der Waals surface area (Å²) in [6.07, 6.45) is 9.88. The van der Waals surface area contributed by atoms with E-state index in [1.165, 1.54) is 16.6 Å². The van der Waals surface area contributed by atoms with Gasteiger partial charge >= 0.3 is 0 Å². The molecule has 0 spiro atoms. The summed E-state index contributed by atoms with van der Waals surface area (Å²) in [5.41, 5.74) is 0. The summed E-state index contributed by atoms with van der Waals surface area (Å²) < 4.78 is 0. The van der Waals surface area contributed by atoms with Crippen molar-refractivity contribution in [3.8, 4) is 0 Å². The average Bonchev–Trinajstić information content (AvgIpc) is 1.86. The Morgan fingerprint density at radius 3 is 1.18 bits per heavy atom. The molecule has 0 bridgehead atoms. The molecule has 0 N–H and O–H groups in total. The molecular formula is C9H24S2. The van der Waals surface area contributed by atoms with Gasteiger partial charge in [-0.25, -0.2) is 20.1 Å². The van der Waals surface area contributed by atoms with Crippen LogP contribution in [0.25, 0.3) is 0 Å². The van der Waals surface area contributed by atoms with Crippen LogP contribution < -0.4 is 0 Å². The average molecular weight is 196 g/mol. The van der Waals surface area contributed by atoms with E-state index in [0.29, 0.717) is 0 Å². The lowest BCUT2D eigenvalue weighted by molar-refractivity contribution is 1.46. The van der Waals surface area contributed by atoms with Gasteiger partial charge in [0.1, 0.15) is 0 Å². The molecule has 0 heterocycles. The highest BCUT2D eigenvalue weighted by Gasteiger charge is 2.17. The van der Waals surface area contributed by atoms with Crippen LogP contribution in [0.3, 0.4) is 0 Å². The van der Waals surface area contributed by atoms with Crippen molar-refractivity contribution in [3.05, 3.63) is 0 Å². The fourth-order valence-corrected chi connectivity index (χ4v) is 9.27. The van der Waals surface area contributed by atoms with Gasteiger partial charge in [-0.2, -0.15) is 0 Å². The van der Waals surface area contributed by atoms with Crippen LogP contribution in [0.4, 0.5) is 0 Å². The first kappa shape index (κ1) is 11.7. The quantitative estimate of drug-likeness (QED) is 0.648. The van der Waals surface area contributed by atoms with Gasteiger partial charge in [0, 0.05) is 5.08 Å². The third kappa shape index (κ3) is 5.02. The van der Waals surface area contributed by atoms with Gasteiger partial charge in [0.15, 0.2) is 0 Å². The predicted molar refractivity (Wildman–Crippen MR) is 64.8 cm³/mol. The first-order valence-electron chi connectivity index (χ1n) is 4.20. The van der Waals surface area contributed by atoms with Crippen molar-refractivity contribution in [2.45, 2.75) is 13.8 Å². The fraction of sp³-hybridized carbons (Fsp3) is 1.00. The molecule has 0 aliphatic heterocycles. The van der Waals surface area contributed by atoms with E-state index >= 15 is 0 Å². The van der Waals surface area contributed by atoms with Gasteiger partial charge in [0.2, 0.25) is 0 Å². The van der Waals surface area contributed by atoms with Crippen molar-refractivity contribution in [3.63, 3.8) is 0 Å². The number of hydrogen-bond acceptors (Lipinski definition) is 0.